The van der Waals surface area contributed by atoms with E-state index >= 15 is 0 Å². The van der Waals surface area contributed by atoms with Gasteiger partial charge in [-0.1, -0.05) is 6.07 Å². The molecular formula is C19H21NO3S. The van der Waals surface area contributed by atoms with Gasteiger partial charge in [-0.05, 0) is 55.0 Å². The van der Waals surface area contributed by atoms with Gasteiger partial charge in [0, 0.05) is 17.0 Å². The molecule has 2 aromatic rings. The minimum atomic E-state index is -0.00112. The predicted octanol–water partition coefficient (Wildman–Crippen LogP) is 3.15. The minimum Gasteiger partial charge on any atom is -0.491 e. The first kappa shape index (κ1) is 15.7. The van der Waals surface area contributed by atoms with Crippen LogP contribution in [0.3, 0.4) is 0 Å². The largest absolute Gasteiger partial charge is 0.491 e. The molecule has 1 aromatic carbocycles. The Kier molecular flexibility index (Phi) is 4.29. The summed E-state index contributed by atoms with van der Waals surface area (Å²) < 4.78 is 5.77. The summed E-state index contributed by atoms with van der Waals surface area (Å²) in [5, 5.41) is 9.34. The smallest absolute Gasteiger partial charge is 0.264 e. The number of carbonyl (C=O) groups is 1. The van der Waals surface area contributed by atoms with E-state index in [0.29, 0.717) is 19.7 Å². The van der Waals surface area contributed by atoms with Crippen LogP contribution < -0.4 is 4.74 Å². The predicted molar refractivity (Wildman–Crippen MR) is 93.6 cm³/mol. The van der Waals surface area contributed by atoms with Crippen LogP contribution in [0.1, 0.15) is 44.1 Å². The van der Waals surface area contributed by atoms with Crippen LogP contribution >= 0.6 is 11.3 Å². The van der Waals surface area contributed by atoms with E-state index in [-0.39, 0.29) is 12.5 Å². The Morgan fingerprint density at radius 2 is 2.08 bits per heavy atom. The number of thiophene rings is 1. The van der Waals surface area contributed by atoms with Crippen LogP contribution in [0.2, 0.25) is 0 Å². The first-order valence-electron chi connectivity index (χ1n) is 8.51. The van der Waals surface area contributed by atoms with Crippen molar-refractivity contribution in [1.82, 2.24) is 4.90 Å². The molecule has 0 fully saturated rings. The maximum absolute atomic E-state index is 13.0. The van der Waals surface area contributed by atoms with Crippen LogP contribution in [-0.4, -0.2) is 29.1 Å². The lowest BCUT2D eigenvalue weighted by Gasteiger charge is -2.19. The highest BCUT2D eigenvalue weighted by atomic mass is 32.1. The van der Waals surface area contributed by atoms with Gasteiger partial charge in [-0.25, -0.2) is 0 Å². The van der Waals surface area contributed by atoms with E-state index < -0.39 is 0 Å². The van der Waals surface area contributed by atoms with Gasteiger partial charge in [0.25, 0.3) is 5.91 Å². The molecule has 1 aliphatic carbocycles. The third-order valence-electron chi connectivity index (χ3n) is 4.78. The van der Waals surface area contributed by atoms with Crippen molar-refractivity contribution in [3.05, 3.63) is 50.7 Å². The maximum atomic E-state index is 13.0. The average Bonchev–Trinajstić information content (AvgIpc) is 2.93. The zero-order valence-electron chi connectivity index (χ0n) is 13.6. The summed E-state index contributed by atoms with van der Waals surface area (Å²) in [5.41, 5.74) is 3.18. The molecule has 5 heteroatoms. The van der Waals surface area contributed by atoms with Crippen molar-refractivity contribution in [2.24, 2.45) is 0 Å². The Labute approximate surface area is 145 Å². The number of amides is 1. The van der Waals surface area contributed by atoms with Crippen LogP contribution in [0.4, 0.5) is 0 Å². The summed E-state index contributed by atoms with van der Waals surface area (Å²) in [7, 11) is 0. The topological polar surface area (TPSA) is 49.8 Å². The Balaban J connectivity index is 1.59. The summed E-state index contributed by atoms with van der Waals surface area (Å²) in [4.78, 5) is 17.1. The number of ether oxygens (including phenoxy) is 1. The van der Waals surface area contributed by atoms with Crippen molar-refractivity contribution >= 4 is 17.2 Å². The molecule has 0 spiro atoms. The highest BCUT2D eigenvalue weighted by Gasteiger charge is 2.24. The number of hydrogen-bond acceptors (Lipinski definition) is 4. The van der Waals surface area contributed by atoms with E-state index in [0.717, 1.165) is 34.6 Å². The van der Waals surface area contributed by atoms with Crippen molar-refractivity contribution in [3.63, 3.8) is 0 Å². The fraction of sp³-hybridized carbons (Fsp3) is 0.421. The van der Waals surface area contributed by atoms with Crippen molar-refractivity contribution < 1.29 is 14.6 Å². The van der Waals surface area contributed by atoms with E-state index in [2.05, 4.69) is 6.07 Å². The standard InChI is InChI=1S/C19H21NO3S/c21-12-13-5-6-16-15(9-13)11-20(7-8-23-16)19(22)18-10-14-3-1-2-4-17(14)24-18/h5-6,9-10,21H,1-4,7-8,11-12H2. The summed E-state index contributed by atoms with van der Waals surface area (Å²) in [6, 6.07) is 7.78. The Bertz CT molecular complexity index is 744. The lowest BCUT2D eigenvalue weighted by atomic mass is 9.99. The first-order valence-corrected chi connectivity index (χ1v) is 9.32. The lowest BCUT2D eigenvalue weighted by Crippen LogP contribution is -2.31. The van der Waals surface area contributed by atoms with E-state index in [9.17, 15) is 9.90 Å². The van der Waals surface area contributed by atoms with Gasteiger partial charge < -0.3 is 14.7 Å². The van der Waals surface area contributed by atoms with Crippen LogP contribution in [0.25, 0.3) is 0 Å². The molecule has 4 nitrogen and oxygen atoms in total. The van der Waals surface area contributed by atoms with Crippen molar-refractivity contribution in [3.8, 4) is 5.75 Å². The van der Waals surface area contributed by atoms with Gasteiger partial charge in [0.15, 0.2) is 0 Å². The number of rotatable bonds is 2. The molecule has 0 saturated heterocycles. The second-order valence-corrected chi connectivity index (χ2v) is 7.58. The summed E-state index contributed by atoms with van der Waals surface area (Å²) >= 11 is 1.66. The quantitative estimate of drug-likeness (QED) is 0.911. The van der Waals surface area contributed by atoms with E-state index in [4.69, 9.17) is 4.74 Å². The van der Waals surface area contributed by atoms with Crippen LogP contribution in [-0.2, 0) is 26.0 Å². The molecule has 1 N–H and O–H groups in total. The highest BCUT2D eigenvalue weighted by molar-refractivity contribution is 7.14. The molecule has 1 aromatic heterocycles. The number of aryl methyl sites for hydroxylation is 2. The molecule has 2 aliphatic rings. The number of carbonyl (C=O) groups excluding carboxylic acids is 1. The van der Waals surface area contributed by atoms with Gasteiger partial charge >= 0.3 is 0 Å². The van der Waals surface area contributed by atoms with E-state index in [1.54, 1.807) is 11.3 Å². The van der Waals surface area contributed by atoms with E-state index in [1.165, 1.54) is 23.3 Å². The highest BCUT2D eigenvalue weighted by Crippen LogP contribution is 2.31. The zero-order valence-corrected chi connectivity index (χ0v) is 14.4. The Hall–Kier alpha value is -1.85. The molecule has 126 valence electrons. The SMILES string of the molecule is O=C(c1cc2c(s1)CCCC2)N1CCOc2ccc(CO)cc2C1. The van der Waals surface area contributed by atoms with Crippen LogP contribution in [0.15, 0.2) is 24.3 Å². The van der Waals surface area contributed by atoms with Crippen molar-refractivity contribution in [1.29, 1.82) is 0 Å². The molecule has 0 atom stereocenters. The molecule has 4 rings (SSSR count). The molecule has 0 bridgehead atoms. The molecule has 1 amide bonds. The van der Waals surface area contributed by atoms with Crippen LogP contribution in [0, 0.1) is 0 Å². The Morgan fingerprint density at radius 3 is 2.92 bits per heavy atom. The van der Waals surface area contributed by atoms with Gasteiger partial charge in [0.2, 0.25) is 0 Å². The number of aliphatic hydroxyl groups excluding tert-OH is 1. The molecule has 2 heterocycles. The average molecular weight is 343 g/mol. The number of fused-ring (bicyclic) bond motifs is 2. The molecule has 0 saturated carbocycles. The second kappa shape index (κ2) is 6.57. The monoisotopic (exact) mass is 343 g/mol. The number of hydrogen-bond donors (Lipinski definition) is 1. The first-order chi connectivity index (χ1) is 11.7. The van der Waals surface area contributed by atoms with Crippen molar-refractivity contribution in [2.45, 2.75) is 38.8 Å². The molecule has 1 aliphatic heterocycles. The zero-order chi connectivity index (χ0) is 16.5. The summed E-state index contributed by atoms with van der Waals surface area (Å²) in [6.07, 6.45) is 4.67. The minimum absolute atomic E-state index is 0.00112. The van der Waals surface area contributed by atoms with Crippen molar-refractivity contribution in [2.75, 3.05) is 13.2 Å². The van der Waals surface area contributed by atoms with Crippen LogP contribution in [0.5, 0.6) is 5.75 Å². The van der Waals surface area contributed by atoms with Gasteiger partial charge in [-0.15, -0.1) is 11.3 Å². The van der Waals surface area contributed by atoms with Gasteiger partial charge in [0.1, 0.15) is 12.4 Å². The molecule has 0 radical (unpaired) electrons. The summed E-state index contributed by atoms with van der Waals surface area (Å²) in [5.74, 6) is 0.910. The second-order valence-electron chi connectivity index (χ2n) is 6.44. The molecule has 24 heavy (non-hydrogen) atoms. The molecule has 0 unspecified atom stereocenters. The number of aliphatic hydroxyl groups is 1. The normalized spacial score (nSPS) is 16.8. The fourth-order valence-electron chi connectivity index (χ4n) is 3.47. The van der Waals surface area contributed by atoms with Gasteiger partial charge in [-0.2, -0.15) is 0 Å². The lowest BCUT2D eigenvalue weighted by molar-refractivity contribution is 0.0738. The third kappa shape index (κ3) is 2.94. The maximum Gasteiger partial charge on any atom is 0.264 e. The fourth-order valence-corrected chi connectivity index (χ4v) is 4.69. The van der Waals surface area contributed by atoms with Gasteiger partial charge in [0.05, 0.1) is 18.0 Å². The number of benzene rings is 1. The van der Waals surface area contributed by atoms with Gasteiger partial charge in [-0.3, -0.25) is 4.79 Å². The third-order valence-corrected chi connectivity index (χ3v) is 6.01. The molecular weight excluding hydrogens is 322 g/mol. The van der Waals surface area contributed by atoms with E-state index in [1.807, 2.05) is 23.1 Å². The number of nitrogens with zero attached hydrogens (tertiary/aromatic N) is 1. The summed E-state index contributed by atoms with van der Waals surface area (Å²) in [6.45, 7) is 1.62. The Morgan fingerprint density at radius 1 is 1.21 bits per heavy atom.